The number of hydrogen-bond acceptors (Lipinski definition) is 2. The van der Waals surface area contributed by atoms with E-state index in [1.165, 1.54) is 0 Å². The second-order valence-corrected chi connectivity index (χ2v) is 4.44. The van der Waals surface area contributed by atoms with Gasteiger partial charge in [-0.15, -0.1) is 0 Å². The Morgan fingerprint density at radius 1 is 1.43 bits per heavy atom. The van der Waals surface area contributed by atoms with Crippen LogP contribution in [-0.2, 0) is 0 Å². The second-order valence-electron chi connectivity index (χ2n) is 3.52. The van der Waals surface area contributed by atoms with Crippen LogP contribution in [0.5, 0.6) is 0 Å². The zero-order valence-corrected chi connectivity index (χ0v) is 9.91. The molecule has 2 unspecified atom stereocenters. The maximum absolute atomic E-state index is 11.8. The molecule has 2 atom stereocenters. The van der Waals surface area contributed by atoms with E-state index < -0.39 is 0 Å². The van der Waals surface area contributed by atoms with Crippen molar-refractivity contribution in [3.63, 3.8) is 0 Å². The summed E-state index contributed by atoms with van der Waals surface area (Å²) >= 11 is 3.33. The number of hydrogen-bond donors (Lipinski definition) is 1. The van der Waals surface area contributed by atoms with Crippen LogP contribution < -0.4 is 5.73 Å². The van der Waals surface area contributed by atoms with Crippen molar-refractivity contribution in [1.82, 2.24) is 0 Å². The molecule has 0 radical (unpaired) electrons. The van der Waals surface area contributed by atoms with Gasteiger partial charge in [-0.1, -0.05) is 35.0 Å². The average Bonchev–Trinajstić information content (AvgIpc) is 2.15. The Balaban J connectivity index is 2.89. The molecule has 0 saturated carbocycles. The Hall–Kier alpha value is -0.670. The van der Waals surface area contributed by atoms with Crippen molar-refractivity contribution in [3.05, 3.63) is 34.3 Å². The SMILES string of the molecule is CC(N)C(C)C(=O)c1cccc(Br)c1. The lowest BCUT2D eigenvalue weighted by molar-refractivity contribution is 0.0917. The number of ketones is 1. The van der Waals surface area contributed by atoms with Gasteiger partial charge in [-0.2, -0.15) is 0 Å². The van der Waals surface area contributed by atoms with Gasteiger partial charge in [0.05, 0.1) is 0 Å². The molecular formula is C11H14BrNO. The molecule has 0 aromatic heterocycles. The van der Waals surface area contributed by atoms with Crippen molar-refractivity contribution in [2.45, 2.75) is 19.9 Å². The van der Waals surface area contributed by atoms with Gasteiger partial charge in [-0.3, -0.25) is 4.79 Å². The highest BCUT2D eigenvalue weighted by atomic mass is 79.9. The van der Waals surface area contributed by atoms with Gasteiger partial charge in [-0.25, -0.2) is 0 Å². The summed E-state index contributed by atoms with van der Waals surface area (Å²) in [7, 11) is 0. The third-order valence-electron chi connectivity index (χ3n) is 2.31. The molecule has 0 spiro atoms. The Morgan fingerprint density at radius 2 is 2.07 bits per heavy atom. The number of rotatable bonds is 3. The number of halogens is 1. The Labute approximate surface area is 92.6 Å². The van der Waals surface area contributed by atoms with Crippen LogP contribution in [0, 0.1) is 5.92 Å². The molecule has 0 aliphatic heterocycles. The van der Waals surface area contributed by atoms with Crippen LogP contribution >= 0.6 is 15.9 Å². The lowest BCUT2D eigenvalue weighted by Gasteiger charge is -2.14. The van der Waals surface area contributed by atoms with Crippen molar-refractivity contribution < 1.29 is 4.79 Å². The van der Waals surface area contributed by atoms with Crippen molar-refractivity contribution in [1.29, 1.82) is 0 Å². The second kappa shape index (κ2) is 4.71. The molecule has 0 bridgehead atoms. The van der Waals surface area contributed by atoms with Crippen molar-refractivity contribution in [2.24, 2.45) is 11.7 Å². The molecule has 3 heteroatoms. The number of carbonyl (C=O) groups is 1. The number of carbonyl (C=O) groups excluding carboxylic acids is 1. The lowest BCUT2D eigenvalue weighted by Crippen LogP contribution is -2.30. The predicted molar refractivity (Wildman–Crippen MR) is 61.3 cm³/mol. The smallest absolute Gasteiger partial charge is 0.167 e. The molecule has 0 amide bonds. The molecule has 2 nitrogen and oxygen atoms in total. The van der Waals surface area contributed by atoms with Crippen molar-refractivity contribution in [2.75, 3.05) is 0 Å². The summed E-state index contributed by atoms with van der Waals surface area (Å²) < 4.78 is 0.917. The Kier molecular flexibility index (Phi) is 3.84. The van der Waals surface area contributed by atoms with E-state index >= 15 is 0 Å². The van der Waals surface area contributed by atoms with E-state index in [4.69, 9.17) is 5.73 Å². The molecule has 0 saturated heterocycles. The first-order valence-electron chi connectivity index (χ1n) is 4.57. The topological polar surface area (TPSA) is 43.1 Å². The predicted octanol–water partition coefficient (Wildman–Crippen LogP) is 2.62. The van der Waals surface area contributed by atoms with E-state index in [2.05, 4.69) is 15.9 Å². The quantitative estimate of drug-likeness (QED) is 0.845. The third kappa shape index (κ3) is 2.66. The minimum atomic E-state index is -0.135. The van der Waals surface area contributed by atoms with E-state index in [1.54, 1.807) is 0 Å². The largest absolute Gasteiger partial charge is 0.327 e. The van der Waals surface area contributed by atoms with Gasteiger partial charge in [0.15, 0.2) is 5.78 Å². The van der Waals surface area contributed by atoms with Crippen LogP contribution in [0.25, 0.3) is 0 Å². The van der Waals surface area contributed by atoms with Crippen molar-refractivity contribution in [3.8, 4) is 0 Å². The van der Waals surface area contributed by atoms with Crippen molar-refractivity contribution >= 4 is 21.7 Å². The van der Waals surface area contributed by atoms with Crippen LogP contribution in [0.1, 0.15) is 24.2 Å². The lowest BCUT2D eigenvalue weighted by atomic mass is 9.94. The molecule has 0 aliphatic rings. The molecule has 0 aliphatic carbocycles. The first kappa shape index (κ1) is 11.4. The maximum atomic E-state index is 11.8. The maximum Gasteiger partial charge on any atom is 0.167 e. The summed E-state index contributed by atoms with van der Waals surface area (Å²) in [4.78, 5) is 11.8. The molecule has 76 valence electrons. The van der Waals surface area contributed by atoms with Crippen LogP contribution in [-0.4, -0.2) is 11.8 Å². The van der Waals surface area contributed by atoms with Crippen LogP contribution in [0.15, 0.2) is 28.7 Å². The monoisotopic (exact) mass is 255 g/mol. The van der Waals surface area contributed by atoms with Crippen LogP contribution in [0.2, 0.25) is 0 Å². The summed E-state index contributed by atoms with van der Waals surface area (Å²) in [6.07, 6.45) is 0. The summed E-state index contributed by atoms with van der Waals surface area (Å²) in [5, 5.41) is 0. The summed E-state index contributed by atoms with van der Waals surface area (Å²) in [5.41, 5.74) is 6.39. The Morgan fingerprint density at radius 3 is 2.57 bits per heavy atom. The van der Waals surface area contributed by atoms with Gasteiger partial charge in [0, 0.05) is 22.0 Å². The molecule has 14 heavy (non-hydrogen) atoms. The van der Waals surface area contributed by atoms with Crippen LogP contribution in [0.3, 0.4) is 0 Å². The summed E-state index contributed by atoms with van der Waals surface area (Å²) in [6, 6.07) is 7.27. The third-order valence-corrected chi connectivity index (χ3v) is 2.80. The van der Waals surface area contributed by atoms with E-state index in [1.807, 2.05) is 38.1 Å². The molecule has 1 aromatic rings. The van der Waals surface area contributed by atoms with Gasteiger partial charge in [0.2, 0.25) is 0 Å². The highest BCUT2D eigenvalue weighted by molar-refractivity contribution is 9.10. The summed E-state index contributed by atoms with van der Waals surface area (Å²) in [6.45, 7) is 3.70. The van der Waals surface area contributed by atoms with E-state index in [9.17, 15) is 4.79 Å². The van der Waals surface area contributed by atoms with Crippen LogP contribution in [0.4, 0.5) is 0 Å². The fourth-order valence-electron chi connectivity index (χ4n) is 1.14. The number of nitrogens with two attached hydrogens (primary N) is 1. The Bertz CT molecular complexity index is 336. The van der Waals surface area contributed by atoms with Gasteiger partial charge in [0.25, 0.3) is 0 Å². The minimum absolute atomic E-state index is 0.0984. The molecule has 0 heterocycles. The van der Waals surface area contributed by atoms with E-state index in [0.29, 0.717) is 5.56 Å². The number of Topliss-reactive ketones (excluding diaryl/α,β-unsaturated/α-hetero) is 1. The highest BCUT2D eigenvalue weighted by Crippen LogP contribution is 2.16. The van der Waals surface area contributed by atoms with Gasteiger partial charge >= 0.3 is 0 Å². The standard InChI is InChI=1S/C11H14BrNO/c1-7(8(2)13)11(14)9-4-3-5-10(12)6-9/h3-8H,13H2,1-2H3. The average molecular weight is 256 g/mol. The van der Waals surface area contributed by atoms with Gasteiger partial charge < -0.3 is 5.73 Å². The fourth-order valence-corrected chi connectivity index (χ4v) is 1.54. The molecule has 2 N–H and O–H groups in total. The zero-order chi connectivity index (χ0) is 10.7. The first-order chi connectivity index (χ1) is 6.52. The fraction of sp³-hybridized carbons (Fsp3) is 0.364. The normalized spacial score (nSPS) is 14.9. The highest BCUT2D eigenvalue weighted by Gasteiger charge is 2.18. The summed E-state index contributed by atoms with van der Waals surface area (Å²) in [5.74, 6) is -0.0365. The van der Waals surface area contributed by atoms with Gasteiger partial charge in [0.1, 0.15) is 0 Å². The van der Waals surface area contributed by atoms with Gasteiger partial charge in [-0.05, 0) is 19.1 Å². The molecule has 1 aromatic carbocycles. The minimum Gasteiger partial charge on any atom is -0.327 e. The zero-order valence-electron chi connectivity index (χ0n) is 8.33. The van der Waals surface area contributed by atoms with E-state index in [-0.39, 0.29) is 17.7 Å². The molecule has 1 rings (SSSR count). The first-order valence-corrected chi connectivity index (χ1v) is 5.37. The van der Waals surface area contributed by atoms with E-state index in [0.717, 1.165) is 4.47 Å². The number of benzene rings is 1. The molecular weight excluding hydrogens is 242 g/mol. The molecule has 0 fully saturated rings.